The van der Waals surface area contributed by atoms with Crippen molar-refractivity contribution in [1.29, 1.82) is 0 Å². The highest BCUT2D eigenvalue weighted by molar-refractivity contribution is 6.35. The van der Waals surface area contributed by atoms with Crippen molar-refractivity contribution in [2.24, 2.45) is 0 Å². The molecule has 0 aliphatic carbocycles. The van der Waals surface area contributed by atoms with Crippen LogP contribution in [0.2, 0.25) is 5.02 Å². The predicted octanol–water partition coefficient (Wildman–Crippen LogP) is 3.42. The molecule has 0 bridgehead atoms. The quantitative estimate of drug-likeness (QED) is 0.756. The smallest absolute Gasteiger partial charge is 0.266 e. The topological polar surface area (TPSA) is 37.4 Å². The van der Waals surface area contributed by atoms with E-state index in [9.17, 15) is 18.4 Å². The average molecular weight is 294 g/mol. The summed E-state index contributed by atoms with van der Waals surface area (Å²) in [6, 6.07) is 6.84. The number of carbonyl (C=O) groups excluding carboxylic acids is 2. The third-order valence-electron chi connectivity index (χ3n) is 3.00. The molecule has 0 radical (unpaired) electrons. The number of anilines is 1. The first kappa shape index (κ1) is 12.7. The first-order valence-electron chi connectivity index (χ1n) is 5.62. The molecule has 0 saturated carbocycles. The van der Waals surface area contributed by atoms with Crippen molar-refractivity contribution in [1.82, 2.24) is 0 Å². The number of nitrogens with zero attached hydrogens (tertiary/aromatic N) is 1. The zero-order valence-corrected chi connectivity index (χ0v) is 10.6. The Morgan fingerprint density at radius 1 is 0.900 bits per heavy atom. The number of rotatable bonds is 1. The van der Waals surface area contributed by atoms with Gasteiger partial charge in [0.1, 0.15) is 11.6 Å². The van der Waals surface area contributed by atoms with E-state index < -0.39 is 23.4 Å². The van der Waals surface area contributed by atoms with Gasteiger partial charge in [-0.25, -0.2) is 13.7 Å². The minimum Gasteiger partial charge on any atom is -0.268 e. The van der Waals surface area contributed by atoms with Crippen LogP contribution in [0.1, 0.15) is 20.7 Å². The van der Waals surface area contributed by atoms with Crippen LogP contribution >= 0.6 is 11.6 Å². The predicted molar refractivity (Wildman–Crippen MR) is 69.0 cm³/mol. The van der Waals surface area contributed by atoms with Gasteiger partial charge in [0.25, 0.3) is 11.8 Å². The molecule has 3 nitrogen and oxygen atoms in total. The molecule has 0 saturated heterocycles. The molecule has 2 aromatic rings. The third-order valence-corrected chi connectivity index (χ3v) is 3.23. The zero-order valence-electron chi connectivity index (χ0n) is 9.86. The minimum absolute atomic E-state index is 0.0470. The molecular formula is C14H6ClF2NO2. The van der Waals surface area contributed by atoms with Gasteiger partial charge >= 0.3 is 0 Å². The third kappa shape index (κ3) is 1.78. The molecule has 100 valence electrons. The lowest BCUT2D eigenvalue weighted by molar-refractivity contribution is 0.0924. The standard InChI is InChI=1S/C14H6ClF2NO2/c15-7-1-4-12(11(17)5-7)18-13(19)9-3-2-8(16)6-10(9)14(18)20/h1-6H. The molecule has 2 aromatic carbocycles. The first-order valence-corrected chi connectivity index (χ1v) is 6.00. The van der Waals surface area contributed by atoms with Gasteiger partial charge in [0.2, 0.25) is 0 Å². The lowest BCUT2D eigenvalue weighted by atomic mass is 10.1. The summed E-state index contributed by atoms with van der Waals surface area (Å²) in [7, 11) is 0. The van der Waals surface area contributed by atoms with E-state index in [2.05, 4.69) is 0 Å². The van der Waals surface area contributed by atoms with E-state index in [1.807, 2.05) is 0 Å². The van der Waals surface area contributed by atoms with Crippen molar-refractivity contribution >= 4 is 29.1 Å². The Morgan fingerprint density at radius 2 is 1.60 bits per heavy atom. The van der Waals surface area contributed by atoms with Gasteiger partial charge in [0.15, 0.2) is 0 Å². The van der Waals surface area contributed by atoms with Gasteiger partial charge in [0, 0.05) is 5.02 Å². The molecule has 0 atom stereocenters. The van der Waals surface area contributed by atoms with Crippen LogP contribution in [0.4, 0.5) is 14.5 Å². The van der Waals surface area contributed by atoms with Crippen LogP contribution in [0.25, 0.3) is 0 Å². The van der Waals surface area contributed by atoms with E-state index in [0.29, 0.717) is 4.90 Å². The number of hydrogen-bond donors (Lipinski definition) is 0. The molecule has 0 aromatic heterocycles. The van der Waals surface area contributed by atoms with E-state index >= 15 is 0 Å². The van der Waals surface area contributed by atoms with Crippen LogP contribution in [0.5, 0.6) is 0 Å². The highest BCUT2D eigenvalue weighted by atomic mass is 35.5. The highest BCUT2D eigenvalue weighted by Crippen LogP contribution is 2.31. The molecule has 0 fully saturated rings. The largest absolute Gasteiger partial charge is 0.268 e. The number of halogens is 3. The number of imide groups is 1. The summed E-state index contributed by atoms with van der Waals surface area (Å²) >= 11 is 5.63. The number of carbonyl (C=O) groups is 2. The summed E-state index contributed by atoms with van der Waals surface area (Å²) in [5.74, 6) is -2.88. The van der Waals surface area contributed by atoms with Crippen molar-refractivity contribution in [3.63, 3.8) is 0 Å². The molecule has 6 heteroatoms. The molecular weight excluding hydrogens is 288 g/mol. The van der Waals surface area contributed by atoms with Crippen LogP contribution in [-0.2, 0) is 0 Å². The Bertz CT molecular complexity index is 761. The fourth-order valence-electron chi connectivity index (χ4n) is 2.09. The highest BCUT2D eigenvalue weighted by Gasteiger charge is 2.38. The molecule has 2 amide bonds. The fraction of sp³-hybridized carbons (Fsp3) is 0. The van der Waals surface area contributed by atoms with Crippen molar-refractivity contribution in [3.05, 3.63) is 64.2 Å². The van der Waals surface area contributed by atoms with Crippen molar-refractivity contribution < 1.29 is 18.4 Å². The van der Waals surface area contributed by atoms with Crippen LogP contribution in [0.3, 0.4) is 0 Å². The second-order valence-corrected chi connectivity index (χ2v) is 4.67. The molecule has 0 N–H and O–H groups in total. The molecule has 20 heavy (non-hydrogen) atoms. The molecule has 0 unspecified atom stereocenters. The number of amides is 2. The Kier molecular flexibility index (Phi) is 2.79. The number of hydrogen-bond acceptors (Lipinski definition) is 2. The Balaban J connectivity index is 2.14. The summed E-state index contributed by atoms with van der Waals surface area (Å²) in [5.41, 5.74) is -0.240. The normalized spacial score (nSPS) is 13.8. The van der Waals surface area contributed by atoms with E-state index in [1.54, 1.807) is 0 Å². The van der Waals surface area contributed by atoms with E-state index in [1.165, 1.54) is 18.2 Å². The maximum atomic E-state index is 13.8. The second-order valence-electron chi connectivity index (χ2n) is 4.23. The van der Waals surface area contributed by atoms with Crippen LogP contribution in [0.15, 0.2) is 36.4 Å². The van der Waals surface area contributed by atoms with Crippen molar-refractivity contribution in [2.75, 3.05) is 4.90 Å². The van der Waals surface area contributed by atoms with Gasteiger partial charge in [0.05, 0.1) is 16.8 Å². The molecule has 1 heterocycles. The molecule has 0 spiro atoms. The molecule has 3 rings (SSSR count). The van der Waals surface area contributed by atoms with Gasteiger partial charge in [-0.1, -0.05) is 11.6 Å². The maximum Gasteiger partial charge on any atom is 0.266 e. The SMILES string of the molecule is O=C1c2ccc(F)cc2C(=O)N1c1ccc(Cl)cc1F. The zero-order chi connectivity index (χ0) is 14.4. The summed E-state index contributed by atoms with van der Waals surface area (Å²) < 4.78 is 27.0. The second kappa shape index (κ2) is 4.38. The van der Waals surface area contributed by atoms with Crippen LogP contribution in [0, 0.1) is 11.6 Å². The summed E-state index contributed by atoms with van der Waals surface area (Å²) in [5, 5.41) is 0.147. The molecule has 1 aliphatic rings. The maximum absolute atomic E-state index is 13.8. The molecule has 1 aliphatic heterocycles. The number of benzene rings is 2. The average Bonchev–Trinajstić information content (AvgIpc) is 2.63. The van der Waals surface area contributed by atoms with Gasteiger partial charge in [-0.15, -0.1) is 0 Å². The summed E-state index contributed by atoms with van der Waals surface area (Å²) in [6.07, 6.45) is 0. The number of fused-ring (bicyclic) bond motifs is 1. The van der Waals surface area contributed by atoms with Crippen LogP contribution in [-0.4, -0.2) is 11.8 Å². The summed E-state index contributed by atoms with van der Waals surface area (Å²) in [4.78, 5) is 25.0. The van der Waals surface area contributed by atoms with Gasteiger partial charge < -0.3 is 0 Å². The van der Waals surface area contributed by atoms with Gasteiger partial charge in [-0.2, -0.15) is 0 Å². The monoisotopic (exact) mass is 293 g/mol. The van der Waals surface area contributed by atoms with Gasteiger partial charge in [-0.3, -0.25) is 9.59 Å². The van der Waals surface area contributed by atoms with E-state index in [0.717, 1.165) is 18.2 Å². The van der Waals surface area contributed by atoms with Gasteiger partial charge in [-0.05, 0) is 36.4 Å². The van der Waals surface area contributed by atoms with Crippen molar-refractivity contribution in [2.45, 2.75) is 0 Å². The Labute approximate surface area is 117 Å². The minimum atomic E-state index is -0.799. The lowest BCUT2D eigenvalue weighted by Crippen LogP contribution is -2.30. The van der Waals surface area contributed by atoms with E-state index in [4.69, 9.17) is 11.6 Å². The Hall–Kier alpha value is -2.27. The fourth-order valence-corrected chi connectivity index (χ4v) is 2.25. The lowest BCUT2D eigenvalue weighted by Gasteiger charge is -2.14. The van der Waals surface area contributed by atoms with Crippen molar-refractivity contribution in [3.8, 4) is 0 Å². The van der Waals surface area contributed by atoms with E-state index in [-0.39, 0.29) is 21.8 Å². The Morgan fingerprint density at radius 3 is 2.30 bits per heavy atom. The van der Waals surface area contributed by atoms with Crippen LogP contribution < -0.4 is 4.90 Å². The first-order chi connectivity index (χ1) is 9.49. The summed E-state index contributed by atoms with van der Waals surface area (Å²) in [6.45, 7) is 0.